The van der Waals surface area contributed by atoms with Gasteiger partial charge in [0.1, 0.15) is 23.5 Å². The van der Waals surface area contributed by atoms with Crippen molar-refractivity contribution < 1.29 is 31.3 Å². The molecule has 32 heavy (non-hydrogen) atoms. The number of halogens is 5. The highest BCUT2D eigenvalue weighted by atomic mass is 19.4. The van der Waals surface area contributed by atoms with Crippen molar-refractivity contribution >= 4 is 11.7 Å². The summed E-state index contributed by atoms with van der Waals surface area (Å²) in [7, 11) is 0. The minimum Gasteiger partial charge on any atom is -0.364 e. The zero-order valence-corrected chi connectivity index (χ0v) is 15.8. The van der Waals surface area contributed by atoms with E-state index in [2.05, 4.69) is 20.2 Å². The van der Waals surface area contributed by atoms with E-state index in [1.54, 1.807) is 12.1 Å². The Morgan fingerprint density at radius 2 is 1.88 bits per heavy atom. The summed E-state index contributed by atoms with van der Waals surface area (Å²) < 4.78 is 71.7. The van der Waals surface area contributed by atoms with E-state index in [4.69, 9.17) is 4.52 Å². The molecule has 1 amide bonds. The Hall–Kier alpha value is -4.16. The lowest BCUT2D eigenvalue weighted by atomic mass is 10.2. The number of nitrogens with one attached hydrogen (secondary N) is 1. The molecule has 0 saturated heterocycles. The number of benzene rings is 1. The summed E-state index contributed by atoms with van der Waals surface area (Å²) in [5.74, 6) is -5.39. The maximum absolute atomic E-state index is 14.1. The number of alkyl halides is 3. The number of hydrogen-bond donors (Lipinski definition) is 1. The van der Waals surface area contributed by atoms with Crippen molar-refractivity contribution in [3.63, 3.8) is 0 Å². The largest absolute Gasteiger partial charge is 0.471 e. The van der Waals surface area contributed by atoms with Crippen molar-refractivity contribution in [2.75, 3.05) is 5.32 Å². The maximum Gasteiger partial charge on any atom is 0.471 e. The SMILES string of the molecule is O=C(Nc1nc(-c2cc(-c3ccon3)n(Cc3ccccc3F)n2)ncc1F)C(F)(F)F. The summed E-state index contributed by atoms with van der Waals surface area (Å²) in [5, 5.41) is 9.42. The first-order chi connectivity index (χ1) is 15.2. The number of anilines is 1. The molecule has 3 aromatic heterocycles. The number of amides is 1. The van der Waals surface area contributed by atoms with E-state index in [0.29, 0.717) is 23.1 Å². The van der Waals surface area contributed by atoms with Crippen LogP contribution in [-0.2, 0) is 11.3 Å². The predicted octanol–water partition coefficient (Wildman–Crippen LogP) is 3.82. The lowest BCUT2D eigenvalue weighted by Crippen LogP contribution is -2.30. The van der Waals surface area contributed by atoms with E-state index >= 15 is 0 Å². The van der Waals surface area contributed by atoms with E-state index in [1.807, 2.05) is 0 Å². The molecule has 0 atom stereocenters. The van der Waals surface area contributed by atoms with Gasteiger partial charge in [-0.2, -0.15) is 18.3 Å². The van der Waals surface area contributed by atoms with Crippen LogP contribution in [0.5, 0.6) is 0 Å². The molecular formula is C19H11F5N6O2. The molecule has 0 saturated carbocycles. The zero-order valence-electron chi connectivity index (χ0n) is 15.8. The molecule has 0 aliphatic rings. The van der Waals surface area contributed by atoms with E-state index in [9.17, 15) is 26.7 Å². The van der Waals surface area contributed by atoms with E-state index < -0.39 is 29.5 Å². The third-order valence-electron chi connectivity index (χ3n) is 4.22. The van der Waals surface area contributed by atoms with Crippen LogP contribution in [0, 0.1) is 11.6 Å². The number of carbonyl (C=O) groups is 1. The fraction of sp³-hybridized carbons (Fsp3) is 0.105. The molecular weight excluding hydrogens is 439 g/mol. The van der Waals surface area contributed by atoms with Crippen LogP contribution in [0.1, 0.15) is 5.56 Å². The van der Waals surface area contributed by atoms with E-state index in [-0.39, 0.29) is 18.1 Å². The smallest absolute Gasteiger partial charge is 0.364 e. The standard InChI is InChI=1S/C19H11F5N6O2/c20-11-4-2-1-3-10(11)9-30-15(13-5-6-32-29-13)7-14(28-30)17-25-8-12(21)16(26-17)27-18(31)19(22,23)24/h1-8H,9H2,(H,25,26,27,31). The van der Waals surface area contributed by atoms with Gasteiger partial charge in [0.05, 0.1) is 18.4 Å². The first-order valence-corrected chi connectivity index (χ1v) is 8.85. The molecule has 0 fully saturated rings. The van der Waals surface area contributed by atoms with Gasteiger partial charge in [0, 0.05) is 11.6 Å². The van der Waals surface area contributed by atoms with Crippen molar-refractivity contribution in [2.45, 2.75) is 12.7 Å². The predicted molar refractivity (Wildman–Crippen MR) is 98.9 cm³/mol. The molecule has 0 spiro atoms. The minimum atomic E-state index is -5.24. The molecule has 1 N–H and O–H groups in total. The Balaban J connectivity index is 1.74. The van der Waals surface area contributed by atoms with Crippen molar-refractivity contribution in [3.05, 3.63) is 66.1 Å². The van der Waals surface area contributed by atoms with Gasteiger partial charge in [0.15, 0.2) is 17.5 Å². The molecule has 8 nitrogen and oxygen atoms in total. The monoisotopic (exact) mass is 450 g/mol. The first kappa shape index (κ1) is 21.1. The summed E-state index contributed by atoms with van der Waals surface area (Å²) in [6.45, 7) is -0.0340. The Morgan fingerprint density at radius 3 is 2.56 bits per heavy atom. The normalized spacial score (nSPS) is 11.5. The fourth-order valence-corrected chi connectivity index (χ4v) is 2.74. The summed E-state index contributed by atoms with van der Waals surface area (Å²) in [4.78, 5) is 18.5. The molecule has 164 valence electrons. The Morgan fingerprint density at radius 1 is 1.09 bits per heavy atom. The number of hydrogen-bond acceptors (Lipinski definition) is 6. The lowest BCUT2D eigenvalue weighted by molar-refractivity contribution is -0.167. The summed E-state index contributed by atoms with van der Waals surface area (Å²) >= 11 is 0. The quantitative estimate of drug-likeness (QED) is 0.464. The van der Waals surface area contributed by atoms with Gasteiger partial charge in [0.25, 0.3) is 0 Å². The van der Waals surface area contributed by atoms with E-state index in [1.165, 1.54) is 40.5 Å². The molecule has 0 bridgehead atoms. The Bertz CT molecular complexity index is 1270. The highest BCUT2D eigenvalue weighted by molar-refractivity contribution is 5.94. The van der Waals surface area contributed by atoms with Gasteiger partial charge in [0.2, 0.25) is 0 Å². The number of rotatable bonds is 5. The topological polar surface area (TPSA) is 98.7 Å². The maximum atomic E-state index is 14.1. The number of aromatic nitrogens is 5. The second-order valence-corrected chi connectivity index (χ2v) is 6.39. The van der Waals surface area contributed by atoms with Gasteiger partial charge in [-0.1, -0.05) is 23.4 Å². The molecule has 0 aliphatic heterocycles. The fourth-order valence-electron chi connectivity index (χ4n) is 2.74. The van der Waals surface area contributed by atoms with Crippen LogP contribution in [-0.4, -0.2) is 37.0 Å². The third-order valence-corrected chi connectivity index (χ3v) is 4.22. The zero-order chi connectivity index (χ0) is 22.9. The summed E-state index contributed by atoms with van der Waals surface area (Å²) in [6, 6.07) is 8.91. The van der Waals surface area contributed by atoms with Gasteiger partial charge in [-0.05, 0) is 12.1 Å². The highest BCUT2D eigenvalue weighted by Crippen LogP contribution is 2.26. The molecule has 4 aromatic rings. The second kappa shape index (κ2) is 8.17. The van der Waals surface area contributed by atoms with Gasteiger partial charge in [-0.3, -0.25) is 9.48 Å². The van der Waals surface area contributed by atoms with Gasteiger partial charge >= 0.3 is 12.1 Å². The van der Waals surface area contributed by atoms with Crippen LogP contribution in [0.25, 0.3) is 22.9 Å². The van der Waals surface area contributed by atoms with E-state index in [0.717, 1.165) is 0 Å². The molecule has 1 aromatic carbocycles. The van der Waals surface area contributed by atoms with Crippen molar-refractivity contribution in [3.8, 4) is 22.9 Å². The van der Waals surface area contributed by atoms with Crippen LogP contribution < -0.4 is 5.32 Å². The second-order valence-electron chi connectivity index (χ2n) is 6.39. The number of nitrogens with zero attached hydrogens (tertiary/aromatic N) is 5. The van der Waals surface area contributed by atoms with Gasteiger partial charge in [-0.15, -0.1) is 0 Å². The molecule has 3 heterocycles. The molecule has 13 heteroatoms. The highest BCUT2D eigenvalue weighted by Gasteiger charge is 2.39. The Kier molecular flexibility index (Phi) is 5.38. The van der Waals surface area contributed by atoms with Gasteiger partial charge < -0.3 is 9.84 Å². The molecule has 0 aliphatic carbocycles. The number of carbonyl (C=O) groups excluding carboxylic acids is 1. The van der Waals surface area contributed by atoms with Crippen molar-refractivity contribution in [1.82, 2.24) is 24.9 Å². The molecule has 4 rings (SSSR count). The molecule has 0 unspecified atom stereocenters. The van der Waals surface area contributed by atoms with Crippen LogP contribution in [0.3, 0.4) is 0 Å². The Labute approximate surface area is 175 Å². The summed E-state index contributed by atoms with van der Waals surface area (Å²) in [5.41, 5.74) is 0.991. The van der Waals surface area contributed by atoms with Gasteiger partial charge in [-0.25, -0.2) is 18.7 Å². The summed E-state index contributed by atoms with van der Waals surface area (Å²) in [6.07, 6.45) is -3.34. The van der Waals surface area contributed by atoms with Crippen LogP contribution in [0.15, 0.2) is 53.4 Å². The third kappa shape index (κ3) is 4.31. The average Bonchev–Trinajstić information content (AvgIpc) is 3.40. The molecule has 0 radical (unpaired) electrons. The van der Waals surface area contributed by atoms with Crippen LogP contribution in [0.4, 0.5) is 27.8 Å². The van der Waals surface area contributed by atoms with Crippen molar-refractivity contribution in [2.24, 2.45) is 0 Å². The average molecular weight is 450 g/mol. The first-order valence-electron chi connectivity index (χ1n) is 8.85. The minimum absolute atomic E-state index is 0.0156. The van der Waals surface area contributed by atoms with Crippen LogP contribution >= 0.6 is 0 Å². The van der Waals surface area contributed by atoms with Crippen molar-refractivity contribution in [1.29, 1.82) is 0 Å². The lowest BCUT2D eigenvalue weighted by Gasteiger charge is -2.08. The van der Waals surface area contributed by atoms with Crippen LogP contribution in [0.2, 0.25) is 0 Å².